The molecule has 0 radical (unpaired) electrons. The van der Waals surface area contributed by atoms with Gasteiger partial charge in [0, 0.05) is 41.1 Å². The molecule has 6 heteroatoms. The summed E-state index contributed by atoms with van der Waals surface area (Å²) < 4.78 is 21.7. The number of thioether (sulfide) groups is 1. The first-order chi connectivity index (χ1) is 12.9. The minimum absolute atomic E-state index is 0.0962. The molecule has 2 atom stereocenters. The number of benzene rings is 1. The highest BCUT2D eigenvalue weighted by Gasteiger charge is 2.31. The Bertz CT molecular complexity index is 843. The molecule has 1 N–H and O–H groups in total. The summed E-state index contributed by atoms with van der Waals surface area (Å²) in [5.41, 5.74) is 3.22. The third-order valence-corrected chi connectivity index (χ3v) is 6.72. The van der Waals surface area contributed by atoms with Crippen LogP contribution < -0.4 is 5.32 Å². The van der Waals surface area contributed by atoms with E-state index in [1.165, 1.54) is 5.69 Å². The smallest absolute Gasteiger partial charge is 0.152 e. The number of nitrogens with zero attached hydrogens (tertiary/aromatic N) is 2. The van der Waals surface area contributed by atoms with Crippen LogP contribution in [0.2, 0.25) is 0 Å². The Morgan fingerprint density at radius 3 is 2.81 bits per heavy atom. The summed E-state index contributed by atoms with van der Waals surface area (Å²) in [6, 6.07) is 5.57. The number of rotatable bonds is 4. The largest absolute Gasteiger partial charge is 0.381 e. The molecule has 27 heavy (non-hydrogen) atoms. The van der Waals surface area contributed by atoms with Crippen molar-refractivity contribution in [2.24, 2.45) is 0 Å². The van der Waals surface area contributed by atoms with E-state index in [4.69, 9.17) is 9.84 Å². The Labute approximate surface area is 164 Å². The summed E-state index contributed by atoms with van der Waals surface area (Å²) in [4.78, 5) is 0.786. The zero-order chi connectivity index (χ0) is 19.2. The average molecular weight is 390 g/mol. The highest BCUT2D eigenvalue weighted by atomic mass is 32.2. The van der Waals surface area contributed by atoms with E-state index in [-0.39, 0.29) is 11.4 Å². The number of halogens is 1. The maximum Gasteiger partial charge on any atom is 0.152 e. The summed E-state index contributed by atoms with van der Waals surface area (Å²) in [7, 11) is 1.80. The topological polar surface area (TPSA) is 39.1 Å². The average Bonchev–Trinajstić information content (AvgIpc) is 3.35. The third-order valence-electron chi connectivity index (χ3n) is 5.58. The van der Waals surface area contributed by atoms with Crippen LogP contribution in [0.15, 0.2) is 23.1 Å². The van der Waals surface area contributed by atoms with Crippen molar-refractivity contribution in [3.8, 4) is 0 Å². The second kappa shape index (κ2) is 7.13. The molecule has 2 unspecified atom stereocenters. The molecule has 1 aliphatic heterocycles. The Morgan fingerprint density at radius 1 is 1.30 bits per heavy atom. The number of anilines is 2. The fraction of sp³-hybridized carbons (Fsp3) is 0.571. The standard InChI is InChI=1S/C21H28FN3OS/c1-21(2,3)25-18(13-5-6-14(11-13)26-4)12-19(24-25)23-17-8-7-16(22)20-15(17)9-10-27-20/h7-8,12-14H,5-6,9-11H2,1-4H3,(H,23,24). The molecule has 2 aromatic rings. The zero-order valence-electron chi connectivity index (χ0n) is 16.5. The van der Waals surface area contributed by atoms with E-state index in [2.05, 4.69) is 36.8 Å². The predicted octanol–water partition coefficient (Wildman–Crippen LogP) is 5.45. The van der Waals surface area contributed by atoms with Crippen LogP contribution in [0.3, 0.4) is 0 Å². The molecule has 0 saturated heterocycles. The van der Waals surface area contributed by atoms with Crippen LogP contribution in [-0.4, -0.2) is 28.7 Å². The molecule has 0 amide bonds. The molecular formula is C21H28FN3OS. The van der Waals surface area contributed by atoms with E-state index in [0.717, 1.165) is 53.4 Å². The fourth-order valence-corrected chi connectivity index (χ4v) is 5.32. The summed E-state index contributed by atoms with van der Waals surface area (Å²) >= 11 is 1.60. The number of nitrogens with one attached hydrogen (secondary N) is 1. The predicted molar refractivity (Wildman–Crippen MR) is 109 cm³/mol. The maximum absolute atomic E-state index is 14.0. The van der Waals surface area contributed by atoms with Crippen LogP contribution in [-0.2, 0) is 16.7 Å². The summed E-state index contributed by atoms with van der Waals surface area (Å²) in [6.45, 7) is 6.55. The van der Waals surface area contributed by atoms with Crippen LogP contribution in [0.5, 0.6) is 0 Å². The van der Waals surface area contributed by atoms with E-state index >= 15 is 0 Å². The van der Waals surface area contributed by atoms with Gasteiger partial charge in [-0.1, -0.05) is 0 Å². The normalized spacial score (nSPS) is 22.3. The first-order valence-electron chi connectivity index (χ1n) is 9.71. The van der Waals surface area contributed by atoms with E-state index < -0.39 is 0 Å². The summed E-state index contributed by atoms with van der Waals surface area (Å²) in [6.07, 6.45) is 4.50. The van der Waals surface area contributed by atoms with Gasteiger partial charge in [-0.3, -0.25) is 4.68 Å². The Kier molecular flexibility index (Phi) is 4.97. The van der Waals surface area contributed by atoms with Gasteiger partial charge in [-0.25, -0.2) is 4.39 Å². The van der Waals surface area contributed by atoms with Gasteiger partial charge >= 0.3 is 0 Å². The molecule has 0 bridgehead atoms. The van der Waals surface area contributed by atoms with Crippen molar-refractivity contribution in [1.29, 1.82) is 0 Å². The van der Waals surface area contributed by atoms with Crippen LogP contribution in [0, 0.1) is 5.82 Å². The van der Waals surface area contributed by atoms with Crippen molar-refractivity contribution in [2.75, 3.05) is 18.2 Å². The molecule has 1 aromatic carbocycles. The Hall–Kier alpha value is -1.53. The number of ether oxygens (including phenoxy) is 1. The molecule has 146 valence electrons. The first-order valence-corrected chi connectivity index (χ1v) is 10.7. The number of hydrogen-bond donors (Lipinski definition) is 1. The van der Waals surface area contributed by atoms with Crippen molar-refractivity contribution in [1.82, 2.24) is 9.78 Å². The fourth-order valence-electron chi connectivity index (χ4n) is 4.22. The molecule has 1 fully saturated rings. The van der Waals surface area contributed by atoms with Crippen molar-refractivity contribution < 1.29 is 9.13 Å². The Morgan fingerprint density at radius 2 is 2.11 bits per heavy atom. The molecule has 4 rings (SSSR count). The maximum atomic E-state index is 14.0. The Balaban J connectivity index is 1.66. The highest BCUT2D eigenvalue weighted by Crippen LogP contribution is 2.41. The van der Waals surface area contributed by atoms with Gasteiger partial charge in [-0.2, -0.15) is 5.10 Å². The van der Waals surface area contributed by atoms with Gasteiger partial charge in [-0.15, -0.1) is 11.8 Å². The quantitative estimate of drug-likeness (QED) is 0.754. The molecule has 1 saturated carbocycles. The van der Waals surface area contributed by atoms with Gasteiger partial charge < -0.3 is 10.1 Å². The van der Waals surface area contributed by atoms with Crippen molar-refractivity contribution in [3.63, 3.8) is 0 Å². The zero-order valence-corrected chi connectivity index (χ0v) is 17.3. The lowest BCUT2D eigenvalue weighted by atomic mass is 10.0. The number of methoxy groups -OCH3 is 1. The van der Waals surface area contributed by atoms with Crippen LogP contribution in [0.4, 0.5) is 15.9 Å². The monoisotopic (exact) mass is 389 g/mol. The van der Waals surface area contributed by atoms with Crippen LogP contribution in [0.1, 0.15) is 57.2 Å². The van der Waals surface area contributed by atoms with Gasteiger partial charge in [0.15, 0.2) is 5.82 Å². The van der Waals surface area contributed by atoms with E-state index in [0.29, 0.717) is 12.0 Å². The minimum atomic E-state index is -0.115. The van der Waals surface area contributed by atoms with Crippen LogP contribution in [0.25, 0.3) is 0 Å². The molecule has 0 spiro atoms. The van der Waals surface area contributed by atoms with E-state index in [9.17, 15) is 4.39 Å². The lowest BCUT2D eigenvalue weighted by Gasteiger charge is -2.24. The van der Waals surface area contributed by atoms with Crippen LogP contribution >= 0.6 is 11.8 Å². The van der Waals surface area contributed by atoms with E-state index in [1.807, 2.05) is 6.07 Å². The number of hydrogen-bond acceptors (Lipinski definition) is 4. The number of fused-ring (bicyclic) bond motifs is 1. The first kappa shape index (κ1) is 18.8. The lowest BCUT2D eigenvalue weighted by molar-refractivity contribution is 0.107. The number of aromatic nitrogens is 2. The van der Waals surface area contributed by atoms with Crippen molar-refractivity contribution in [3.05, 3.63) is 35.3 Å². The van der Waals surface area contributed by atoms with Crippen molar-refractivity contribution >= 4 is 23.3 Å². The van der Waals surface area contributed by atoms with Gasteiger partial charge in [-0.05, 0) is 64.2 Å². The van der Waals surface area contributed by atoms with E-state index in [1.54, 1.807) is 24.9 Å². The minimum Gasteiger partial charge on any atom is -0.381 e. The van der Waals surface area contributed by atoms with Crippen molar-refractivity contribution in [2.45, 2.75) is 68.9 Å². The molecule has 1 aromatic heterocycles. The van der Waals surface area contributed by atoms with Gasteiger partial charge in [0.2, 0.25) is 0 Å². The summed E-state index contributed by atoms with van der Waals surface area (Å²) in [5.74, 6) is 2.13. The lowest BCUT2D eigenvalue weighted by Crippen LogP contribution is -2.26. The summed E-state index contributed by atoms with van der Waals surface area (Å²) in [5, 5.41) is 8.35. The third kappa shape index (κ3) is 3.61. The van der Waals surface area contributed by atoms with Gasteiger partial charge in [0.1, 0.15) is 5.82 Å². The van der Waals surface area contributed by atoms with Gasteiger partial charge in [0.25, 0.3) is 0 Å². The second-order valence-corrected chi connectivity index (χ2v) is 9.64. The van der Waals surface area contributed by atoms with Gasteiger partial charge in [0.05, 0.1) is 11.6 Å². The highest BCUT2D eigenvalue weighted by molar-refractivity contribution is 7.99. The molecule has 1 aliphatic carbocycles. The molecule has 2 heterocycles. The molecule has 2 aliphatic rings. The second-order valence-electron chi connectivity index (χ2n) is 8.53. The SMILES string of the molecule is COC1CCC(c2cc(Nc3ccc(F)c4c3CCS4)nn2C(C)(C)C)C1. The molecule has 4 nitrogen and oxygen atoms in total. The molecular weight excluding hydrogens is 361 g/mol.